The number of carbonyl (C=O) groups excluding carboxylic acids is 3. The van der Waals surface area contributed by atoms with E-state index in [-0.39, 0.29) is 24.3 Å². The Labute approximate surface area is 242 Å². The van der Waals surface area contributed by atoms with E-state index >= 15 is 0 Å². The van der Waals surface area contributed by atoms with Gasteiger partial charge in [-0.2, -0.15) is 0 Å². The van der Waals surface area contributed by atoms with E-state index in [1.807, 2.05) is 50.2 Å². The zero-order valence-corrected chi connectivity index (χ0v) is 24.4. The second-order valence-electron chi connectivity index (χ2n) is 11.2. The molecule has 3 atom stereocenters. The Kier molecular flexibility index (Phi) is 9.68. The van der Waals surface area contributed by atoms with Gasteiger partial charge in [-0.1, -0.05) is 68.8 Å². The minimum absolute atomic E-state index is 0.115. The van der Waals surface area contributed by atoms with Crippen molar-refractivity contribution >= 4 is 23.9 Å². The van der Waals surface area contributed by atoms with Gasteiger partial charge >= 0.3 is 12.1 Å². The number of nitrogens with zero attached hydrogens (tertiary/aromatic N) is 3. The number of piperidine rings is 1. The number of aliphatic carboxylic acids is 1. The maximum Gasteiger partial charge on any atom is 0.410 e. The number of fused-ring (bicyclic) bond motifs is 3. The maximum absolute atomic E-state index is 13.9. The smallest absolute Gasteiger partial charge is 0.410 e. The fourth-order valence-electron chi connectivity index (χ4n) is 6.07. The summed E-state index contributed by atoms with van der Waals surface area (Å²) in [6.07, 6.45) is 2.17. The average molecular weight is 564 g/mol. The van der Waals surface area contributed by atoms with Crippen LogP contribution in [0.4, 0.5) is 4.79 Å². The number of likely N-dealkylation sites (N-methyl/N-ethyl adjacent to an activating group) is 2. The Morgan fingerprint density at radius 3 is 2.02 bits per heavy atom. The third-order valence-corrected chi connectivity index (χ3v) is 8.61. The van der Waals surface area contributed by atoms with Crippen molar-refractivity contribution in [3.8, 4) is 11.1 Å². The Morgan fingerprint density at radius 1 is 0.927 bits per heavy atom. The monoisotopic (exact) mass is 563 g/mol. The molecular weight excluding hydrogens is 522 g/mol. The first kappa shape index (κ1) is 30.1. The van der Waals surface area contributed by atoms with Gasteiger partial charge in [0.25, 0.3) is 0 Å². The quantitative estimate of drug-likeness (QED) is 0.453. The van der Waals surface area contributed by atoms with Gasteiger partial charge in [0.05, 0.1) is 6.42 Å². The Balaban J connectivity index is 1.51. The highest BCUT2D eigenvalue weighted by molar-refractivity contribution is 5.93. The molecule has 1 heterocycles. The van der Waals surface area contributed by atoms with Gasteiger partial charge in [0.15, 0.2) is 0 Å². The minimum Gasteiger partial charge on any atom is -0.481 e. The molecule has 0 radical (unpaired) electrons. The van der Waals surface area contributed by atoms with Crippen molar-refractivity contribution in [2.45, 2.75) is 64.0 Å². The van der Waals surface area contributed by atoms with Gasteiger partial charge in [-0.05, 0) is 47.4 Å². The number of amides is 3. The van der Waals surface area contributed by atoms with E-state index in [1.54, 1.807) is 4.90 Å². The lowest BCUT2D eigenvalue weighted by Gasteiger charge is -2.38. The zero-order valence-electron chi connectivity index (χ0n) is 24.4. The van der Waals surface area contributed by atoms with Gasteiger partial charge in [-0.25, -0.2) is 4.79 Å². The highest BCUT2D eigenvalue weighted by Gasteiger charge is 2.40. The van der Waals surface area contributed by atoms with Gasteiger partial charge in [-0.15, -0.1) is 0 Å². The highest BCUT2D eigenvalue weighted by Crippen LogP contribution is 2.44. The van der Waals surface area contributed by atoms with Crippen LogP contribution >= 0.6 is 0 Å². The van der Waals surface area contributed by atoms with Crippen molar-refractivity contribution in [3.05, 3.63) is 59.7 Å². The van der Waals surface area contributed by atoms with Crippen molar-refractivity contribution in [2.75, 3.05) is 33.8 Å². The van der Waals surface area contributed by atoms with Crippen LogP contribution in [0.1, 0.15) is 63.0 Å². The molecule has 2 aromatic rings. The fourth-order valence-corrected chi connectivity index (χ4v) is 6.07. The molecule has 0 unspecified atom stereocenters. The highest BCUT2D eigenvalue weighted by atomic mass is 16.6. The molecule has 2 aliphatic rings. The molecule has 0 saturated carbocycles. The van der Waals surface area contributed by atoms with E-state index in [9.17, 15) is 24.3 Å². The van der Waals surface area contributed by atoms with Crippen LogP contribution in [0.3, 0.4) is 0 Å². The SMILES string of the molecule is CC[C@H](C)[C@@H](C(=O)N(C)[C@@H](CC(=O)O)C(=O)N1CCCCC1)N(C)C(=O)OCC1c2ccccc2-c2ccccc21. The summed E-state index contributed by atoms with van der Waals surface area (Å²) in [4.78, 5) is 56.5. The molecule has 4 rings (SSSR count). The molecule has 1 fully saturated rings. The van der Waals surface area contributed by atoms with Crippen molar-refractivity contribution in [1.29, 1.82) is 0 Å². The number of benzene rings is 2. The first-order valence-corrected chi connectivity index (χ1v) is 14.5. The predicted octanol–water partition coefficient (Wildman–Crippen LogP) is 4.60. The van der Waals surface area contributed by atoms with Crippen LogP contribution < -0.4 is 0 Å². The van der Waals surface area contributed by atoms with E-state index in [2.05, 4.69) is 12.1 Å². The van der Waals surface area contributed by atoms with Crippen molar-refractivity contribution < 1.29 is 29.0 Å². The second-order valence-corrected chi connectivity index (χ2v) is 11.2. The Bertz CT molecular complexity index is 1230. The molecule has 1 saturated heterocycles. The summed E-state index contributed by atoms with van der Waals surface area (Å²) in [6, 6.07) is 14.1. The number of carbonyl (C=O) groups is 4. The number of hydrogen-bond acceptors (Lipinski definition) is 5. The van der Waals surface area contributed by atoms with Crippen LogP contribution in [-0.4, -0.2) is 89.6 Å². The summed E-state index contributed by atoms with van der Waals surface area (Å²) in [5.41, 5.74) is 4.42. The van der Waals surface area contributed by atoms with E-state index in [0.29, 0.717) is 19.5 Å². The number of hydrogen-bond donors (Lipinski definition) is 1. The Morgan fingerprint density at radius 2 is 1.49 bits per heavy atom. The molecule has 1 aliphatic carbocycles. The van der Waals surface area contributed by atoms with E-state index in [1.165, 1.54) is 23.9 Å². The molecule has 9 heteroatoms. The summed E-state index contributed by atoms with van der Waals surface area (Å²) in [6.45, 7) is 4.99. The molecular formula is C32H41N3O6. The summed E-state index contributed by atoms with van der Waals surface area (Å²) in [5.74, 6) is -2.39. The number of carboxylic acid groups (broad SMARTS) is 1. The second kappa shape index (κ2) is 13.2. The van der Waals surface area contributed by atoms with Crippen LogP contribution in [0.25, 0.3) is 11.1 Å². The van der Waals surface area contributed by atoms with Crippen LogP contribution in [0, 0.1) is 5.92 Å². The van der Waals surface area contributed by atoms with E-state index < -0.39 is 36.5 Å². The predicted molar refractivity (Wildman–Crippen MR) is 155 cm³/mol. The first-order valence-electron chi connectivity index (χ1n) is 14.5. The molecule has 41 heavy (non-hydrogen) atoms. The molecule has 0 bridgehead atoms. The first-order chi connectivity index (χ1) is 19.6. The fraction of sp³-hybridized carbons (Fsp3) is 0.500. The molecule has 1 N–H and O–H groups in total. The molecule has 0 spiro atoms. The summed E-state index contributed by atoms with van der Waals surface area (Å²) < 4.78 is 5.82. The molecule has 2 aromatic carbocycles. The number of ether oxygens (including phenoxy) is 1. The third-order valence-electron chi connectivity index (χ3n) is 8.61. The number of carboxylic acids is 1. The largest absolute Gasteiger partial charge is 0.481 e. The molecule has 1 aliphatic heterocycles. The van der Waals surface area contributed by atoms with Gasteiger partial charge in [0.2, 0.25) is 11.8 Å². The standard InChI is InChI=1S/C32H41N3O6/c1-5-21(2)29(31(39)33(3)27(19-28(36)37)30(38)35-17-11-6-12-18-35)34(4)32(40)41-20-26-24-15-9-7-13-22(24)23-14-8-10-16-25(23)26/h7-10,13-16,21,26-27,29H,5-6,11-12,17-20H2,1-4H3,(H,36,37)/t21-,27-,29-/m0/s1. The lowest BCUT2D eigenvalue weighted by Crippen LogP contribution is -2.57. The van der Waals surface area contributed by atoms with Gasteiger partial charge in [0.1, 0.15) is 18.7 Å². The lowest BCUT2D eigenvalue weighted by molar-refractivity contribution is -0.152. The van der Waals surface area contributed by atoms with Gasteiger partial charge < -0.3 is 19.6 Å². The topological polar surface area (TPSA) is 107 Å². The van der Waals surface area contributed by atoms with Crippen molar-refractivity contribution in [2.24, 2.45) is 5.92 Å². The van der Waals surface area contributed by atoms with Crippen LogP contribution in [0.2, 0.25) is 0 Å². The molecule has 9 nitrogen and oxygen atoms in total. The minimum atomic E-state index is -1.16. The van der Waals surface area contributed by atoms with Crippen LogP contribution in [0.5, 0.6) is 0 Å². The number of likely N-dealkylation sites (tertiary alicyclic amines) is 1. The normalized spacial score (nSPS) is 16.6. The average Bonchev–Trinajstić information content (AvgIpc) is 3.31. The lowest BCUT2D eigenvalue weighted by atomic mass is 9.95. The van der Waals surface area contributed by atoms with Crippen LogP contribution in [0.15, 0.2) is 48.5 Å². The summed E-state index contributed by atoms with van der Waals surface area (Å²) in [5, 5.41) is 9.57. The molecule has 220 valence electrons. The van der Waals surface area contributed by atoms with E-state index in [0.717, 1.165) is 41.5 Å². The molecule has 3 amide bonds. The summed E-state index contributed by atoms with van der Waals surface area (Å²) in [7, 11) is 2.98. The third kappa shape index (κ3) is 6.39. The van der Waals surface area contributed by atoms with Crippen molar-refractivity contribution in [3.63, 3.8) is 0 Å². The Hall–Kier alpha value is -3.88. The van der Waals surface area contributed by atoms with Crippen molar-refractivity contribution in [1.82, 2.24) is 14.7 Å². The molecule has 0 aromatic heterocycles. The van der Waals surface area contributed by atoms with Crippen LogP contribution in [-0.2, 0) is 19.1 Å². The van der Waals surface area contributed by atoms with E-state index in [4.69, 9.17) is 4.74 Å². The zero-order chi connectivity index (χ0) is 29.7. The maximum atomic E-state index is 13.9. The van der Waals surface area contributed by atoms with Gasteiger partial charge in [-0.3, -0.25) is 19.3 Å². The number of rotatable bonds is 10. The summed E-state index contributed by atoms with van der Waals surface area (Å²) >= 11 is 0. The van der Waals surface area contributed by atoms with Gasteiger partial charge in [0, 0.05) is 33.1 Å².